The molecule has 2 aliphatic rings. The van der Waals surface area contributed by atoms with Crippen LogP contribution in [0.4, 0.5) is 4.79 Å². The van der Waals surface area contributed by atoms with E-state index in [0.717, 1.165) is 18.8 Å². The summed E-state index contributed by atoms with van der Waals surface area (Å²) in [5.41, 5.74) is -0.730. The molecule has 1 heterocycles. The van der Waals surface area contributed by atoms with Crippen LogP contribution >= 0.6 is 0 Å². The van der Waals surface area contributed by atoms with Gasteiger partial charge in [0.05, 0.1) is 5.41 Å². The molecule has 2 N–H and O–H groups in total. The third-order valence-corrected chi connectivity index (χ3v) is 4.58. The zero-order chi connectivity index (χ0) is 14.8. The molecule has 2 rings (SSSR count). The van der Waals surface area contributed by atoms with E-state index in [1.54, 1.807) is 4.90 Å². The van der Waals surface area contributed by atoms with Crippen LogP contribution in [-0.4, -0.2) is 41.1 Å². The first-order valence-corrected chi connectivity index (χ1v) is 7.75. The van der Waals surface area contributed by atoms with E-state index in [-0.39, 0.29) is 12.1 Å². The van der Waals surface area contributed by atoms with Gasteiger partial charge in [-0.05, 0) is 32.1 Å². The van der Waals surface area contributed by atoms with E-state index in [1.165, 1.54) is 12.8 Å². The summed E-state index contributed by atoms with van der Waals surface area (Å²) in [7, 11) is 0. The lowest BCUT2D eigenvalue weighted by Crippen LogP contribution is -2.44. The van der Waals surface area contributed by atoms with Crippen molar-refractivity contribution in [3.05, 3.63) is 0 Å². The van der Waals surface area contributed by atoms with Gasteiger partial charge in [0.25, 0.3) is 0 Å². The van der Waals surface area contributed by atoms with Gasteiger partial charge in [-0.25, -0.2) is 4.79 Å². The maximum atomic E-state index is 12.2. The lowest BCUT2D eigenvalue weighted by atomic mass is 9.83. The molecule has 5 heteroatoms. The lowest BCUT2D eigenvalue weighted by molar-refractivity contribution is -0.148. The van der Waals surface area contributed by atoms with Crippen LogP contribution < -0.4 is 5.32 Å². The Morgan fingerprint density at radius 2 is 2.15 bits per heavy atom. The van der Waals surface area contributed by atoms with Crippen molar-refractivity contribution in [2.45, 2.75) is 58.4 Å². The number of carbonyl (C=O) groups is 2. The summed E-state index contributed by atoms with van der Waals surface area (Å²) in [5.74, 6) is 0.0164. The highest BCUT2D eigenvalue weighted by molar-refractivity contribution is 5.79. The van der Waals surface area contributed by atoms with Gasteiger partial charge < -0.3 is 15.3 Å². The number of urea groups is 1. The Balaban J connectivity index is 1.86. The predicted molar refractivity (Wildman–Crippen MR) is 76.5 cm³/mol. The van der Waals surface area contributed by atoms with E-state index in [4.69, 9.17) is 0 Å². The Labute approximate surface area is 120 Å². The fourth-order valence-electron chi connectivity index (χ4n) is 3.22. The zero-order valence-electron chi connectivity index (χ0n) is 12.5. The van der Waals surface area contributed by atoms with Crippen molar-refractivity contribution >= 4 is 12.0 Å². The number of aliphatic carboxylic acids is 1. The van der Waals surface area contributed by atoms with Crippen LogP contribution in [0, 0.1) is 11.3 Å². The SMILES string of the molecule is CCCC1(C(=O)O)CCN(C(=O)NC(C)CC2CC2)C1. The van der Waals surface area contributed by atoms with Gasteiger partial charge in [0, 0.05) is 19.1 Å². The van der Waals surface area contributed by atoms with E-state index in [0.29, 0.717) is 25.9 Å². The third-order valence-electron chi connectivity index (χ3n) is 4.58. The van der Waals surface area contributed by atoms with Crippen molar-refractivity contribution < 1.29 is 14.7 Å². The van der Waals surface area contributed by atoms with Gasteiger partial charge >= 0.3 is 12.0 Å². The summed E-state index contributed by atoms with van der Waals surface area (Å²) in [6.07, 6.45) is 5.65. The smallest absolute Gasteiger partial charge is 0.317 e. The van der Waals surface area contributed by atoms with Crippen LogP contribution in [0.15, 0.2) is 0 Å². The quantitative estimate of drug-likeness (QED) is 0.786. The molecular formula is C15H26N2O3. The van der Waals surface area contributed by atoms with E-state index in [1.807, 2.05) is 13.8 Å². The summed E-state index contributed by atoms with van der Waals surface area (Å²) in [5, 5.41) is 12.5. The number of carboxylic acids is 1. The number of nitrogens with zero attached hydrogens (tertiary/aromatic N) is 1. The molecule has 0 bridgehead atoms. The number of hydrogen-bond acceptors (Lipinski definition) is 2. The maximum absolute atomic E-state index is 12.2. The summed E-state index contributed by atoms with van der Waals surface area (Å²) < 4.78 is 0. The van der Waals surface area contributed by atoms with Gasteiger partial charge in [-0.1, -0.05) is 26.2 Å². The van der Waals surface area contributed by atoms with Crippen LogP contribution in [0.1, 0.15) is 52.4 Å². The number of hydrogen-bond donors (Lipinski definition) is 2. The van der Waals surface area contributed by atoms with Crippen molar-refractivity contribution in [3.8, 4) is 0 Å². The summed E-state index contributed by atoms with van der Waals surface area (Å²) in [6.45, 7) is 4.92. The molecule has 114 valence electrons. The van der Waals surface area contributed by atoms with E-state index in [9.17, 15) is 14.7 Å². The summed E-state index contributed by atoms with van der Waals surface area (Å²) in [4.78, 5) is 25.4. The molecule has 1 saturated carbocycles. The van der Waals surface area contributed by atoms with Gasteiger partial charge in [-0.3, -0.25) is 4.79 Å². The monoisotopic (exact) mass is 282 g/mol. The molecular weight excluding hydrogens is 256 g/mol. The standard InChI is InChI=1S/C15H26N2O3/c1-3-6-15(13(18)19)7-8-17(10-15)14(20)16-11(2)9-12-4-5-12/h11-12H,3-10H2,1-2H3,(H,16,20)(H,18,19). The van der Waals surface area contributed by atoms with Crippen LogP contribution in [0.25, 0.3) is 0 Å². The fourth-order valence-corrected chi connectivity index (χ4v) is 3.22. The second-order valence-corrected chi connectivity index (χ2v) is 6.54. The van der Waals surface area contributed by atoms with Crippen molar-refractivity contribution in [1.82, 2.24) is 10.2 Å². The third kappa shape index (κ3) is 3.44. The molecule has 1 saturated heterocycles. The minimum atomic E-state index is -0.763. The van der Waals surface area contributed by atoms with Crippen molar-refractivity contribution in [3.63, 3.8) is 0 Å². The molecule has 5 nitrogen and oxygen atoms in total. The second kappa shape index (κ2) is 6.02. The molecule has 1 aliphatic heterocycles. The van der Waals surface area contributed by atoms with E-state index in [2.05, 4.69) is 5.32 Å². The Morgan fingerprint density at radius 1 is 1.45 bits per heavy atom. The molecule has 2 atom stereocenters. The van der Waals surface area contributed by atoms with Gasteiger partial charge in [-0.15, -0.1) is 0 Å². The minimum Gasteiger partial charge on any atom is -0.481 e. The number of amides is 2. The molecule has 1 aliphatic carbocycles. The van der Waals surface area contributed by atoms with Gasteiger partial charge in [0.2, 0.25) is 0 Å². The Hall–Kier alpha value is -1.26. The van der Waals surface area contributed by atoms with E-state index >= 15 is 0 Å². The number of likely N-dealkylation sites (tertiary alicyclic amines) is 1. The highest BCUT2D eigenvalue weighted by Gasteiger charge is 2.45. The fraction of sp³-hybridized carbons (Fsp3) is 0.867. The van der Waals surface area contributed by atoms with Crippen LogP contribution in [0.2, 0.25) is 0 Å². The first-order chi connectivity index (χ1) is 9.47. The topological polar surface area (TPSA) is 69.6 Å². The average molecular weight is 282 g/mol. The highest BCUT2D eigenvalue weighted by atomic mass is 16.4. The Kier molecular flexibility index (Phi) is 4.55. The van der Waals surface area contributed by atoms with Gasteiger partial charge in [0.15, 0.2) is 0 Å². The number of rotatable bonds is 6. The van der Waals surface area contributed by atoms with E-state index < -0.39 is 11.4 Å². The van der Waals surface area contributed by atoms with Crippen LogP contribution in [0.5, 0.6) is 0 Å². The van der Waals surface area contributed by atoms with Gasteiger partial charge in [0.1, 0.15) is 0 Å². The largest absolute Gasteiger partial charge is 0.481 e. The molecule has 0 aromatic rings. The average Bonchev–Trinajstić information content (AvgIpc) is 3.06. The number of carboxylic acid groups (broad SMARTS) is 1. The Morgan fingerprint density at radius 3 is 2.70 bits per heavy atom. The Bertz CT molecular complexity index is 381. The predicted octanol–water partition coefficient (Wildman–Crippen LogP) is 2.46. The summed E-state index contributed by atoms with van der Waals surface area (Å²) in [6, 6.07) is 0.0818. The number of carbonyl (C=O) groups excluding carboxylic acids is 1. The molecule has 0 radical (unpaired) electrons. The molecule has 2 amide bonds. The minimum absolute atomic E-state index is 0.0996. The highest BCUT2D eigenvalue weighted by Crippen LogP contribution is 2.36. The van der Waals surface area contributed by atoms with Crippen LogP contribution in [0.3, 0.4) is 0 Å². The van der Waals surface area contributed by atoms with Crippen molar-refractivity contribution in [2.24, 2.45) is 11.3 Å². The molecule has 2 fully saturated rings. The first kappa shape index (κ1) is 15.1. The first-order valence-electron chi connectivity index (χ1n) is 7.75. The molecule has 0 spiro atoms. The zero-order valence-corrected chi connectivity index (χ0v) is 12.5. The van der Waals surface area contributed by atoms with Gasteiger partial charge in [-0.2, -0.15) is 0 Å². The second-order valence-electron chi connectivity index (χ2n) is 6.54. The van der Waals surface area contributed by atoms with Crippen molar-refractivity contribution in [2.75, 3.05) is 13.1 Å². The summed E-state index contributed by atoms with van der Waals surface area (Å²) >= 11 is 0. The molecule has 20 heavy (non-hydrogen) atoms. The molecule has 2 unspecified atom stereocenters. The lowest BCUT2D eigenvalue weighted by Gasteiger charge is -2.25. The number of nitrogens with one attached hydrogen (secondary N) is 1. The van der Waals surface area contributed by atoms with Crippen molar-refractivity contribution in [1.29, 1.82) is 0 Å². The molecule has 0 aromatic heterocycles. The van der Waals surface area contributed by atoms with Crippen LogP contribution in [-0.2, 0) is 4.79 Å². The maximum Gasteiger partial charge on any atom is 0.317 e. The normalized spacial score (nSPS) is 27.4. The molecule has 0 aromatic carbocycles.